The third-order valence-corrected chi connectivity index (χ3v) is 7.03. The number of benzene rings is 2. The van der Waals surface area contributed by atoms with Gasteiger partial charge < -0.3 is 41.0 Å². The molecule has 0 aliphatic carbocycles. The van der Waals surface area contributed by atoms with E-state index < -0.39 is 0 Å². The van der Waals surface area contributed by atoms with Crippen LogP contribution in [-0.2, 0) is 14.3 Å². The first-order valence-electron chi connectivity index (χ1n) is 15.2. The lowest BCUT2D eigenvalue weighted by Gasteiger charge is -2.25. The topological polar surface area (TPSA) is 150 Å². The van der Waals surface area contributed by atoms with Crippen LogP contribution in [0.5, 0.6) is 0 Å². The summed E-state index contributed by atoms with van der Waals surface area (Å²) in [5.41, 5.74) is 2.91. The van der Waals surface area contributed by atoms with E-state index in [0.29, 0.717) is 54.1 Å². The van der Waals surface area contributed by atoms with Crippen molar-refractivity contribution in [1.82, 2.24) is 25.9 Å². The van der Waals surface area contributed by atoms with Gasteiger partial charge in [-0.15, -0.1) is 0 Å². The number of unbranched alkanes of at least 4 members (excludes halogenated alkanes) is 2. The van der Waals surface area contributed by atoms with E-state index >= 15 is 0 Å². The van der Waals surface area contributed by atoms with Crippen molar-refractivity contribution >= 4 is 59.4 Å². The van der Waals surface area contributed by atoms with Crippen molar-refractivity contribution in [3.8, 4) is 0 Å². The maximum atomic E-state index is 11.4. The van der Waals surface area contributed by atoms with E-state index in [0.717, 1.165) is 89.0 Å². The first-order valence-corrected chi connectivity index (χ1v) is 15.6. The van der Waals surface area contributed by atoms with Gasteiger partial charge in [0.25, 0.3) is 0 Å². The number of amides is 1. The van der Waals surface area contributed by atoms with Crippen LogP contribution in [0.3, 0.4) is 0 Å². The molecule has 2 aromatic carbocycles. The molecule has 0 saturated heterocycles. The molecule has 5 N–H and O–H groups in total. The number of nitrogens with one attached hydrogen (secondary N) is 5. The predicted octanol–water partition coefficient (Wildman–Crippen LogP) is 3.94. The molecule has 1 heterocycles. The number of anilines is 5. The molecular weight excluding hydrogens is 596 g/mol. The van der Waals surface area contributed by atoms with Gasteiger partial charge in [0, 0.05) is 56.3 Å². The lowest BCUT2D eigenvalue weighted by molar-refractivity contribution is -0.109. The van der Waals surface area contributed by atoms with Crippen LogP contribution >= 0.6 is 11.6 Å². The Kier molecular flexibility index (Phi) is 17.0. The third kappa shape index (κ3) is 13.6. The maximum Gasteiger partial charge on any atom is 0.229 e. The van der Waals surface area contributed by atoms with Crippen LogP contribution in [0, 0.1) is 0 Å². The van der Waals surface area contributed by atoms with Crippen LogP contribution in [0.4, 0.5) is 28.8 Å². The van der Waals surface area contributed by atoms with Gasteiger partial charge in [-0.05, 0) is 75.2 Å². The summed E-state index contributed by atoms with van der Waals surface area (Å²) in [4.78, 5) is 43.4. The van der Waals surface area contributed by atoms with Crippen molar-refractivity contribution in [3.05, 3.63) is 65.3 Å². The summed E-state index contributed by atoms with van der Waals surface area (Å²) in [7, 11) is 0. The highest BCUT2D eigenvalue weighted by molar-refractivity contribution is 6.33. The number of para-hydroxylation sites is 1. The molecule has 3 aromatic rings. The van der Waals surface area contributed by atoms with Crippen molar-refractivity contribution in [3.63, 3.8) is 0 Å². The summed E-state index contributed by atoms with van der Waals surface area (Å²) in [5.74, 6) is 0.730. The van der Waals surface area contributed by atoms with E-state index in [-0.39, 0.29) is 0 Å². The van der Waals surface area contributed by atoms with Gasteiger partial charge in [0.2, 0.25) is 12.4 Å². The van der Waals surface area contributed by atoms with Gasteiger partial charge in [-0.3, -0.25) is 9.59 Å². The van der Waals surface area contributed by atoms with Crippen molar-refractivity contribution in [2.75, 3.05) is 74.6 Å². The van der Waals surface area contributed by atoms with Crippen LogP contribution in [0.25, 0.3) is 0 Å². The fourth-order valence-electron chi connectivity index (χ4n) is 4.38. The molecule has 0 radical (unpaired) electrons. The molecule has 0 aliphatic rings. The average Bonchev–Trinajstić information content (AvgIpc) is 3.06. The first-order chi connectivity index (χ1) is 22.1. The second kappa shape index (κ2) is 21.6. The highest BCUT2D eigenvalue weighted by Crippen LogP contribution is 2.27. The number of rotatable bonds is 25. The number of nitrogens with zero attached hydrogens (tertiary/aromatic N) is 3. The molecule has 0 saturated carbocycles. The number of carbonyl (C=O) groups excluding carboxylic acids is 3. The lowest BCUT2D eigenvalue weighted by Crippen LogP contribution is -2.37. The zero-order chi connectivity index (χ0) is 32.0. The molecule has 0 spiro atoms. The van der Waals surface area contributed by atoms with Crippen LogP contribution in [-0.4, -0.2) is 88.0 Å². The second-order valence-corrected chi connectivity index (χ2v) is 10.5. The number of hydrogen-bond acceptors (Lipinski definition) is 11. The van der Waals surface area contributed by atoms with Crippen LogP contribution in [0.15, 0.2) is 54.7 Å². The van der Waals surface area contributed by atoms with Gasteiger partial charge in [-0.25, -0.2) is 4.98 Å². The van der Waals surface area contributed by atoms with Gasteiger partial charge in [-0.2, -0.15) is 4.98 Å². The molecule has 0 atom stereocenters. The van der Waals surface area contributed by atoms with Gasteiger partial charge >= 0.3 is 0 Å². The Morgan fingerprint density at radius 1 is 0.822 bits per heavy atom. The Hall–Kier alpha value is -4.10. The summed E-state index contributed by atoms with van der Waals surface area (Å²) in [6, 6.07) is 15.0. The van der Waals surface area contributed by atoms with Crippen molar-refractivity contribution in [2.45, 2.75) is 25.7 Å². The van der Waals surface area contributed by atoms with E-state index in [4.69, 9.17) is 16.3 Å². The summed E-state index contributed by atoms with van der Waals surface area (Å²) in [6.45, 7) is 6.44. The Balaban J connectivity index is 1.43. The minimum absolute atomic E-state index is 0.325. The molecule has 1 aromatic heterocycles. The molecule has 242 valence electrons. The fourth-order valence-corrected chi connectivity index (χ4v) is 4.52. The van der Waals surface area contributed by atoms with Gasteiger partial charge in [-0.1, -0.05) is 23.7 Å². The molecule has 13 heteroatoms. The van der Waals surface area contributed by atoms with E-state index in [1.54, 1.807) is 18.2 Å². The third-order valence-electron chi connectivity index (χ3n) is 6.75. The summed E-state index contributed by atoms with van der Waals surface area (Å²) >= 11 is 6.31. The SMILES string of the molecule is O=CCNCCCCOCCCCNCCN(CCNC=O)c1ccc(Nc2ncc(Cl)c(Nc3ccccc3C=O)n2)cc1. The van der Waals surface area contributed by atoms with Gasteiger partial charge in [0.15, 0.2) is 12.1 Å². The molecule has 1 amide bonds. The highest BCUT2D eigenvalue weighted by atomic mass is 35.5. The number of hydrogen-bond donors (Lipinski definition) is 5. The standard InChI is InChI=1S/C32H43ClN8O4/c33-29-23-37-32(40-31(29)39-30-8-2-1-7-26(30)24-43)38-27-9-11-28(12-10-27)41(19-16-36-25-44)18-15-34-13-3-5-21-45-22-6-4-14-35-17-20-42/h1-2,7-12,20,23-25,34-35H,3-6,13-19,21-22H2,(H,36,44)(H2,37,38,39,40). The molecular formula is C32H43ClN8O4. The fraction of sp³-hybridized carbons (Fsp3) is 0.406. The Bertz CT molecular complexity index is 1300. The summed E-state index contributed by atoms with van der Waals surface area (Å²) in [6.07, 6.45) is 7.87. The van der Waals surface area contributed by atoms with Crippen molar-refractivity contribution < 1.29 is 19.1 Å². The van der Waals surface area contributed by atoms with E-state index in [1.807, 2.05) is 30.3 Å². The van der Waals surface area contributed by atoms with Gasteiger partial charge in [0.1, 0.15) is 11.3 Å². The molecule has 0 unspecified atom stereocenters. The lowest BCUT2D eigenvalue weighted by atomic mass is 10.2. The number of halogens is 1. The molecule has 0 fully saturated rings. The number of carbonyl (C=O) groups is 3. The average molecular weight is 639 g/mol. The maximum absolute atomic E-state index is 11.4. The summed E-state index contributed by atoms with van der Waals surface area (Å²) in [5, 5.41) is 15.9. The normalized spacial score (nSPS) is 10.7. The van der Waals surface area contributed by atoms with Crippen molar-refractivity contribution in [1.29, 1.82) is 0 Å². The van der Waals surface area contributed by atoms with Crippen molar-refractivity contribution in [2.24, 2.45) is 0 Å². The Morgan fingerprint density at radius 2 is 1.56 bits per heavy atom. The number of aromatic nitrogens is 2. The molecule has 0 bridgehead atoms. The minimum Gasteiger partial charge on any atom is -0.381 e. The number of ether oxygens (including phenoxy) is 1. The number of aldehydes is 2. The van der Waals surface area contributed by atoms with Crippen LogP contribution in [0.1, 0.15) is 36.0 Å². The largest absolute Gasteiger partial charge is 0.381 e. The quantitative estimate of drug-likeness (QED) is 0.0678. The second-order valence-electron chi connectivity index (χ2n) is 10.1. The van der Waals surface area contributed by atoms with Crippen LogP contribution in [0.2, 0.25) is 5.02 Å². The van der Waals surface area contributed by atoms with Gasteiger partial charge in [0.05, 0.1) is 18.4 Å². The zero-order valence-corrected chi connectivity index (χ0v) is 26.2. The highest BCUT2D eigenvalue weighted by Gasteiger charge is 2.10. The first kappa shape index (κ1) is 35.4. The van der Waals surface area contributed by atoms with E-state index in [2.05, 4.69) is 41.5 Å². The minimum atomic E-state index is 0.325. The molecule has 3 rings (SSSR count). The summed E-state index contributed by atoms with van der Waals surface area (Å²) < 4.78 is 5.69. The smallest absolute Gasteiger partial charge is 0.229 e. The Morgan fingerprint density at radius 3 is 2.29 bits per heavy atom. The molecule has 45 heavy (non-hydrogen) atoms. The monoisotopic (exact) mass is 638 g/mol. The predicted molar refractivity (Wildman–Crippen MR) is 179 cm³/mol. The molecule has 12 nitrogen and oxygen atoms in total. The van der Waals surface area contributed by atoms with E-state index in [9.17, 15) is 14.4 Å². The van der Waals surface area contributed by atoms with Crippen LogP contribution < -0.4 is 31.5 Å². The Labute approximate surface area is 269 Å². The van der Waals surface area contributed by atoms with E-state index in [1.165, 1.54) is 6.20 Å². The molecule has 0 aliphatic heterocycles. The zero-order valence-electron chi connectivity index (χ0n) is 25.5.